The lowest BCUT2D eigenvalue weighted by Crippen LogP contribution is -2.45. The van der Waals surface area contributed by atoms with Crippen molar-refractivity contribution in [1.82, 2.24) is 10.2 Å². The zero-order valence-electron chi connectivity index (χ0n) is 13.1. The van der Waals surface area contributed by atoms with Crippen LogP contribution in [0, 0.1) is 29.1 Å². The van der Waals surface area contributed by atoms with Crippen LogP contribution in [0.4, 0.5) is 35.1 Å². The molecule has 0 radical (unpaired) electrons. The third-order valence-corrected chi connectivity index (χ3v) is 3.87. The summed E-state index contributed by atoms with van der Waals surface area (Å²) in [5, 5.41) is 2.89. The molecule has 2 rings (SSSR count). The van der Waals surface area contributed by atoms with E-state index in [1.807, 2.05) is 0 Å². The van der Waals surface area contributed by atoms with E-state index in [4.69, 9.17) is 0 Å². The molecule has 12 heteroatoms. The number of rotatable bonds is 4. The van der Waals surface area contributed by atoms with Crippen molar-refractivity contribution in [3.63, 3.8) is 0 Å². The topological polar surface area (TPSA) is 15.3 Å². The van der Waals surface area contributed by atoms with E-state index in [1.165, 1.54) is 4.90 Å². The van der Waals surface area contributed by atoms with Crippen LogP contribution in [-0.2, 0) is 0 Å². The summed E-state index contributed by atoms with van der Waals surface area (Å²) in [6.45, 7) is 0.917. The van der Waals surface area contributed by atoms with Crippen molar-refractivity contribution in [2.75, 3.05) is 26.2 Å². The standard InChI is InChI=1S/C14H14F8N2.2ClH/c15-9-8(10(16)12(18)13(19)11(9)17)7(1-2-14(20,21)22)24-5-3-23-4-6-24;;/h7,23H,1-6H2;2*1H/t7-;;/m0../s1. The van der Waals surface area contributed by atoms with Gasteiger partial charge in [-0.05, 0) is 6.42 Å². The first-order valence-corrected chi connectivity index (χ1v) is 7.16. The van der Waals surface area contributed by atoms with Gasteiger partial charge >= 0.3 is 6.18 Å². The molecule has 0 saturated carbocycles. The Labute approximate surface area is 156 Å². The summed E-state index contributed by atoms with van der Waals surface area (Å²) >= 11 is 0. The highest BCUT2D eigenvalue weighted by Crippen LogP contribution is 2.36. The van der Waals surface area contributed by atoms with Gasteiger partial charge in [-0.25, -0.2) is 22.0 Å². The van der Waals surface area contributed by atoms with Gasteiger partial charge in [-0.3, -0.25) is 4.90 Å². The largest absolute Gasteiger partial charge is 0.389 e. The fourth-order valence-corrected chi connectivity index (χ4v) is 2.72. The maximum Gasteiger partial charge on any atom is 0.389 e. The van der Waals surface area contributed by atoms with Crippen LogP contribution in [0.3, 0.4) is 0 Å². The van der Waals surface area contributed by atoms with Crippen LogP contribution in [0.2, 0.25) is 0 Å². The van der Waals surface area contributed by atoms with Crippen LogP contribution in [0.1, 0.15) is 24.4 Å². The molecular weight excluding hydrogens is 419 g/mol. The Morgan fingerprint density at radius 3 is 1.65 bits per heavy atom. The normalized spacial score (nSPS) is 16.6. The number of halogens is 10. The van der Waals surface area contributed by atoms with Gasteiger partial charge in [0.2, 0.25) is 5.82 Å². The molecule has 0 aromatic heterocycles. The van der Waals surface area contributed by atoms with Crippen molar-refractivity contribution in [1.29, 1.82) is 0 Å². The lowest BCUT2D eigenvalue weighted by molar-refractivity contribution is -0.138. The number of nitrogens with zero attached hydrogens (tertiary/aromatic N) is 1. The Morgan fingerprint density at radius 1 is 0.808 bits per heavy atom. The number of piperazine rings is 1. The third-order valence-electron chi connectivity index (χ3n) is 3.87. The SMILES string of the molecule is Cl.Cl.Fc1c(F)c(F)c([C@H](CCC(F)(F)F)N2CCNCC2)c(F)c1F. The van der Waals surface area contributed by atoms with Gasteiger partial charge in [0.05, 0.1) is 0 Å². The molecule has 1 atom stereocenters. The quantitative estimate of drug-likeness (QED) is 0.426. The molecule has 1 aromatic rings. The van der Waals surface area contributed by atoms with Crippen LogP contribution in [0.15, 0.2) is 0 Å². The van der Waals surface area contributed by atoms with E-state index in [-0.39, 0.29) is 37.9 Å². The summed E-state index contributed by atoms with van der Waals surface area (Å²) in [6.07, 6.45) is -6.82. The lowest BCUT2D eigenvalue weighted by atomic mass is 9.97. The smallest absolute Gasteiger partial charge is 0.314 e. The van der Waals surface area contributed by atoms with Gasteiger partial charge in [0.15, 0.2) is 23.3 Å². The molecule has 0 spiro atoms. The number of hydrogen-bond acceptors (Lipinski definition) is 2. The van der Waals surface area contributed by atoms with Crippen LogP contribution in [-0.4, -0.2) is 37.3 Å². The highest BCUT2D eigenvalue weighted by molar-refractivity contribution is 5.85. The van der Waals surface area contributed by atoms with E-state index in [0.717, 1.165) is 0 Å². The van der Waals surface area contributed by atoms with Crippen molar-refractivity contribution in [3.05, 3.63) is 34.6 Å². The minimum absolute atomic E-state index is 0. The molecule has 1 aliphatic rings. The summed E-state index contributed by atoms with van der Waals surface area (Å²) in [6, 6.07) is -1.56. The fraction of sp³-hybridized carbons (Fsp3) is 0.571. The van der Waals surface area contributed by atoms with Gasteiger partial charge in [-0.15, -0.1) is 24.8 Å². The molecule has 0 amide bonds. The number of hydrogen-bond donors (Lipinski definition) is 1. The summed E-state index contributed by atoms with van der Waals surface area (Å²) in [5.74, 6) is -10.8. The monoisotopic (exact) mass is 434 g/mol. The van der Waals surface area contributed by atoms with E-state index < -0.39 is 59.7 Å². The maximum atomic E-state index is 14.0. The molecule has 1 aromatic carbocycles. The van der Waals surface area contributed by atoms with Gasteiger partial charge in [0.25, 0.3) is 0 Å². The Morgan fingerprint density at radius 2 is 1.23 bits per heavy atom. The van der Waals surface area contributed by atoms with E-state index in [2.05, 4.69) is 5.32 Å². The average Bonchev–Trinajstić information content (AvgIpc) is 2.54. The lowest BCUT2D eigenvalue weighted by Gasteiger charge is -2.35. The first-order valence-electron chi connectivity index (χ1n) is 7.16. The van der Waals surface area contributed by atoms with Crippen LogP contribution >= 0.6 is 24.8 Å². The van der Waals surface area contributed by atoms with Crippen molar-refractivity contribution in [2.45, 2.75) is 25.1 Å². The summed E-state index contributed by atoms with van der Waals surface area (Å²) < 4.78 is 105. The maximum absolute atomic E-state index is 14.0. The molecule has 1 heterocycles. The first kappa shape index (κ1) is 25.2. The van der Waals surface area contributed by atoms with Crippen molar-refractivity contribution < 1.29 is 35.1 Å². The molecule has 26 heavy (non-hydrogen) atoms. The highest BCUT2D eigenvalue weighted by Gasteiger charge is 2.36. The molecule has 1 aliphatic heterocycles. The molecule has 2 nitrogen and oxygen atoms in total. The Bertz CT molecular complexity index is 577. The molecule has 1 fully saturated rings. The zero-order valence-corrected chi connectivity index (χ0v) is 14.7. The minimum Gasteiger partial charge on any atom is -0.314 e. The van der Waals surface area contributed by atoms with Crippen LogP contribution < -0.4 is 5.32 Å². The summed E-state index contributed by atoms with van der Waals surface area (Å²) in [5.41, 5.74) is -1.21. The van der Waals surface area contributed by atoms with Crippen LogP contribution in [0.25, 0.3) is 0 Å². The second-order valence-electron chi connectivity index (χ2n) is 5.44. The Hall–Kier alpha value is -0.840. The van der Waals surface area contributed by atoms with Gasteiger partial charge in [-0.2, -0.15) is 13.2 Å². The van der Waals surface area contributed by atoms with E-state index in [0.29, 0.717) is 13.1 Å². The predicted octanol–water partition coefficient (Wildman–Crippen LogP) is 4.51. The number of alkyl halides is 3. The molecule has 1 saturated heterocycles. The molecule has 0 aliphatic carbocycles. The van der Waals surface area contributed by atoms with Gasteiger partial charge in [0.1, 0.15) is 0 Å². The number of nitrogens with one attached hydrogen (secondary N) is 1. The van der Waals surface area contributed by atoms with Gasteiger partial charge < -0.3 is 5.32 Å². The van der Waals surface area contributed by atoms with Crippen molar-refractivity contribution in [2.24, 2.45) is 0 Å². The fourth-order valence-electron chi connectivity index (χ4n) is 2.72. The molecule has 0 bridgehead atoms. The molecule has 152 valence electrons. The third kappa shape index (κ3) is 5.58. The number of benzene rings is 1. The molecular formula is C14H16Cl2F8N2. The van der Waals surface area contributed by atoms with E-state index in [1.54, 1.807) is 0 Å². The first-order chi connectivity index (χ1) is 11.1. The zero-order chi connectivity index (χ0) is 18.1. The second-order valence-corrected chi connectivity index (χ2v) is 5.44. The second kappa shape index (κ2) is 9.91. The van der Waals surface area contributed by atoms with Crippen LogP contribution in [0.5, 0.6) is 0 Å². The highest BCUT2D eigenvalue weighted by atomic mass is 35.5. The van der Waals surface area contributed by atoms with Crippen molar-refractivity contribution in [3.8, 4) is 0 Å². The minimum atomic E-state index is -4.61. The van der Waals surface area contributed by atoms with Crippen molar-refractivity contribution >= 4 is 24.8 Å². The van der Waals surface area contributed by atoms with Gasteiger partial charge in [-0.1, -0.05) is 0 Å². The Kier molecular flexibility index (Phi) is 9.59. The van der Waals surface area contributed by atoms with E-state index in [9.17, 15) is 35.1 Å². The summed E-state index contributed by atoms with van der Waals surface area (Å²) in [7, 11) is 0. The summed E-state index contributed by atoms with van der Waals surface area (Å²) in [4.78, 5) is 1.29. The average molecular weight is 435 g/mol. The van der Waals surface area contributed by atoms with E-state index >= 15 is 0 Å². The van der Waals surface area contributed by atoms with Gasteiger partial charge in [0, 0.05) is 44.2 Å². The molecule has 0 unspecified atom stereocenters. The predicted molar refractivity (Wildman–Crippen MR) is 83.2 cm³/mol. The Balaban J connectivity index is 0.00000312. The molecule has 1 N–H and O–H groups in total.